The maximum Gasteiger partial charge on any atom is 0.138 e. The minimum atomic E-state index is -0.322. The number of amidine groups is 1. The molecule has 3 nitrogen and oxygen atoms in total. The lowest BCUT2D eigenvalue weighted by Crippen LogP contribution is -2.10. The first-order valence-electron chi connectivity index (χ1n) is 5.68. The van der Waals surface area contributed by atoms with Gasteiger partial charge >= 0.3 is 0 Å². The molecular formula is C14H11BrClFN2O. The Morgan fingerprint density at radius 1 is 1.30 bits per heavy atom. The topological polar surface area (TPSA) is 59.1 Å². The van der Waals surface area contributed by atoms with E-state index in [2.05, 4.69) is 15.9 Å². The molecule has 0 saturated heterocycles. The highest BCUT2D eigenvalue weighted by Gasteiger charge is 2.06. The van der Waals surface area contributed by atoms with Gasteiger partial charge < -0.3 is 10.5 Å². The molecule has 0 radical (unpaired) electrons. The van der Waals surface area contributed by atoms with Gasteiger partial charge in [-0.1, -0.05) is 17.7 Å². The molecule has 0 heterocycles. The molecule has 104 valence electrons. The third-order valence-corrected chi connectivity index (χ3v) is 3.52. The van der Waals surface area contributed by atoms with Crippen molar-refractivity contribution < 1.29 is 9.13 Å². The Morgan fingerprint density at radius 3 is 2.65 bits per heavy atom. The summed E-state index contributed by atoms with van der Waals surface area (Å²) in [5.74, 6) is 0.107. The Hall–Kier alpha value is -1.59. The van der Waals surface area contributed by atoms with E-state index in [1.54, 1.807) is 30.3 Å². The van der Waals surface area contributed by atoms with Gasteiger partial charge in [0.25, 0.3) is 0 Å². The molecule has 6 heteroatoms. The van der Waals surface area contributed by atoms with Gasteiger partial charge in [-0.3, -0.25) is 5.41 Å². The molecule has 2 rings (SSSR count). The van der Waals surface area contributed by atoms with E-state index in [0.29, 0.717) is 20.8 Å². The Kier molecular flexibility index (Phi) is 4.62. The Morgan fingerprint density at radius 2 is 2.05 bits per heavy atom. The summed E-state index contributed by atoms with van der Waals surface area (Å²) in [4.78, 5) is 0. The number of hydrogen-bond donors (Lipinski definition) is 2. The molecule has 0 atom stereocenters. The fraction of sp³-hybridized carbons (Fsp3) is 0.0714. The number of hydrogen-bond acceptors (Lipinski definition) is 2. The van der Waals surface area contributed by atoms with Gasteiger partial charge in [-0.15, -0.1) is 0 Å². The van der Waals surface area contributed by atoms with Crippen LogP contribution in [-0.4, -0.2) is 5.84 Å². The van der Waals surface area contributed by atoms with Crippen LogP contribution >= 0.6 is 27.5 Å². The van der Waals surface area contributed by atoms with E-state index in [-0.39, 0.29) is 18.3 Å². The highest BCUT2D eigenvalue weighted by Crippen LogP contribution is 2.26. The van der Waals surface area contributed by atoms with Crippen molar-refractivity contribution in [1.29, 1.82) is 5.41 Å². The van der Waals surface area contributed by atoms with Gasteiger partial charge in [0.1, 0.15) is 24.0 Å². The smallest absolute Gasteiger partial charge is 0.138 e. The van der Waals surface area contributed by atoms with E-state index >= 15 is 0 Å². The van der Waals surface area contributed by atoms with Crippen LogP contribution < -0.4 is 10.5 Å². The molecule has 0 aliphatic carbocycles. The fourth-order valence-corrected chi connectivity index (χ4v) is 2.24. The van der Waals surface area contributed by atoms with Crippen LogP contribution in [0.15, 0.2) is 40.9 Å². The number of ether oxygens (including phenoxy) is 1. The Bertz CT molecular complexity index is 664. The summed E-state index contributed by atoms with van der Waals surface area (Å²) in [7, 11) is 0. The molecule has 0 aromatic heterocycles. The normalized spacial score (nSPS) is 10.3. The summed E-state index contributed by atoms with van der Waals surface area (Å²) in [5, 5.41) is 7.69. The largest absolute Gasteiger partial charge is 0.487 e. The second-order valence-corrected chi connectivity index (χ2v) is 5.36. The number of rotatable bonds is 4. The van der Waals surface area contributed by atoms with Crippen LogP contribution in [0.5, 0.6) is 5.75 Å². The lowest BCUT2D eigenvalue weighted by atomic mass is 10.2. The highest BCUT2D eigenvalue weighted by atomic mass is 79.9. The van der Waals surface area contributed by atoms with Crippen LogP contribution in [0.25, 0.3) is 0 Å². The molecule has 0 spiro atoms. The molecule has 20 heavy (non-hydrogen) atoms. The van der Waals surface area contributed by atoms with Crippen LogP contribution in [0.3, 0.4) is 0 Å². The zero-order valence-electron chi connectivity index (χ0n) is 10.3. The third-order valence-electron chi connectivity index (χ3n) is 2.62. The summed E-state index contributed by atoms with van der Waals surface area (Å²) in [6.07, 6.45) is 0. The number of nitrogens with two attached hydrogens (primary N) is 1. The van der Waals surface area contributed by atoms with Crippen molar-refractivity contribution >= 4 is 33.4 Å². The van der Waals surface area contributed by atoms with Crippen LogP contribution in [0, 0.1) is 11.2 Å². The minimum Gasteiger partial charge on any atom is -0.487 e. The first kappa shape index (κ1) is 14.8. The molecule has 0 amide bonds. The average Bonchev–Trinajstić information content (AvgIpc) is 2.41. The van der Waals surface area contributed by atoms with Gasteiger partial charge in [0.15, 0.2) is 0 Å². The number of benzene rings is 2. The predicted octanol–water partition coefficient (Wildman–Crippen LogP) is 4.10. The lowest BCUT2D eigenvalue weighted by molar-refractivity contribution is 0.306. The monoisotopic (exact) mass is 356 g/mol. The van der Waals surface area contributed by atoms with Gasteiger partial charge in [-0.2, -0.15) is 0 Å². The zero-order valence-corrected chi connectivity index (χ0v) is 12.6. The Labute approximate surface area is 129 Å². The number of halogens is 3. The van der Waals surface area contributed by atoms with Crippen molar-refractivity contribution in [2.24, 2.45) is 5.73 Å². The zero-order chi connectivity index (χ0) is 14.7. The van der Waals surface area contributed by atoms with Crippen molar-refractivity contribution in [3.05, 3.63) is 62.8 Å². The van der Waals surface area contributed by atoms with E-state index < -0.39 is 0 Å². The van der Waals surface area contributed by atoms with Gasteiger partial charge in [-0.05, 0) is 51.8 Å². The molecule has 2 aromatic rings. The summed E-state index contributed by atoms with van der Waals surface area (Å²) in [6, 6.07) is 9.52. The average molecular weight is 358 g/mol. The van der Waals surface area contributed by atoms with E-state index in [4.69, 9.17) is 27.5 Å². The summed E-state index contributed by atoms with van der Waals surface area (Å²) < 4.78 is 19.1. The van der Waals surface area contributed by atoms with Crippen LogP contribution in [0.2, 0.25) is 5.02 Å². The SMILES string of the molecule is N=C(N)c1ccc(OCc2ccc(F)c(Br)c2)c(Cl)c1. The third kappa shape index (κ3) is 3.49. The van der Waals surface area contributed by atoms with Crippen LogP contribution in [0.4, 0.5) is 4.39 Å². The summed E-state index contributed by atoms with van der Waals surface area (Å²) >= 11 is 9.17. The van der Waals surface area contributed by atoms with E-state index in [1.165, 1.54) is 6.07 Å². The standard InChI is InChI=1S/C14H11BrClFN2O/c15-10-5-8(1-3-12(10)17)7-20-13-4-2-9(14(18)19)6-11(13)16/h1-6H,7H2,(H3,18,19). The van der Waals surface area contributed by atoms with Gasteiger partial charge in [-0.25, -0.2) is 4.39 Å². The fourth-order valence-electron chi connectivity index (χ4n) is 1.58. The lowest BCUT2D eigenvalue weighted by Gasteiger charge is -2.09. The van der Waals surface area contributed by atoms with E-state index in [9.17, 15) is 4.39 Å². The summed E-state index contributed by atoms with van der Waals surface area (Å²) in [5.41, 5.74) is 6.72. The van der Waals surface area contributed by atoms with Crippen LogP contribution in [-0.2, 0) is 6.61 Å². The predicted molar refractivity (Wildman–Crippen MR) is 80.9 cm³/mol. The quantitative estimate of drug-likeness (QED) is 0.639. The first-order valence-corrected chi connectivity index (χ1v) is 6.85. The van der Waals surface area contributed by atoms with E-state index in [0.717, 1.165) is 5.56 Å². The molecule has 0 saturated carbocycles. The Balaban J connectivity index is 2.10. The van der Waals surface area contributed by atoms with Crippen molar-refractivity contribution in [1.82, 2.24) is 0 Å². The molecule has 0 fully saturated rings. The molecule has 3 N–H and O–H groups in total. The van der Waals surface area contributed by atoms with Crippen molar-refractivity contribution in [3.8, 4) is 5.75 Å². The van der Waals surface area contributed by atoms with E-state index in [1.807, 2.05) is 0 Å². The molecule has 2 aromatic carbocycles. The molecule has 0 aliphatic heterocycles. The number of nitrogen functional groups attached to an aromatic ring is 1. The number of nitrogens with one attached hydrogen (secondary N) is 1. The van der Waals surface area contributed by atoms with Crippen molar-refractivity contribution in [2.45, 2.75) is 6.61 Å². The first-order chi connectivity index (χ1) is 9.47. The minimum absolute atomic E-state index is 0.0547. The van der Waals surface area contributed by atoms with Gasteiger partial charge in [0, 0.05) is 5.56 Å². The van der Waals surface area contributed by atoms with Crippen molar-refractivity contribution in [2.75, 3.05) is 0 Å². The van der Waals surface area contributed by atoms with Crippen molar-refractivity contribution in [3.63, 3.8) is 0 Å². The van der Waals surface area contributed by atoms with Crippen LogP contribution in [0.1, 0.15) is 11.1 Å². The van der Waals surface area contributed by atoms with Gasteiger partial charge in [0.2, 0.25) is 0 Å². The molecule has 0 aliphatic rings. The second kappa shape index (κ2) is 6.24. The second-order valence-electron chi connectivity index (χ2n) is 4.10. The molecular weight excluding hydrogens is 347 g/mol. The highest BCUT2D eigenvalue weighted by molar-refractivity contribution is 9.10. The maximum absolute atomic E-state index is 13.1. The van der Waals surface area contributed by atoms with Gasteiger partial charge in [0.05, 0.1) is 9.50 Å². The maximum atomic E-state index is 13.1. The molecule has 0 bridgehead atoms. The molecule has 0 unspecified atom stereocenters. The summed E-state index contributed by atoms with van der Waals surface area (Å²) in [6.45, 7) is 0.262.